The number of aliphatic hydroxyl groups excluding tert-OH is 1. The Labute approximate surface area is 193 Å². The quantitative estimate of drug-likeness (QED) is 0.527. The number of fused-ring (bicyclic) bond motifs is 1. The van der Waals surface area contributed by atoms with Crippen LogP contribution in [-0.2, 0) is 6.18 Å². The minimum Gasteiger partial charge on any atom is -0.491 e. The molecule has 0 unspecified atom stereocenters. The number of ether oxygens (including phenoxy) is 1. The molecule has 1 aromatic carbocycles. The van der Waals surface area contributed by atoms with Gasteiger partial charge in [-0.25, -0.2) is 4.98 Å². The highest BCUT2D eigenvalue weighted by Gasteiger charge is 2.33. The van der Waals surface area contributed by atoms with Crippen molar-refractivity contribution in [2.24, 2.45) is 5.92 Å². The number of carbonyl (C=O) groups is 1. The minimum atomic E-state index is -4.64. The van der Waals surface area contributed by atoms with E-state index in [9.17, 15) is 23.1 Å². The number of nitrogens with one attached hydrogen (secondary N) is 1. The number of aromatic nitrogens is 3. The normalized spacial score (nSPS) is 20.9. The molecule has 180 valence electrons. The number of anilines is 1. The maximum atomic E-state index is 13.0. The Morgan fingerprint density at radius 2 is 1.91 bits per heavy atom. The van der Waals surface area contributed by atoms with E-state index in [0.717, 1.165) is 56.0 Å². The fourth-order valence-electron chi connectivity index (χ4n) is 4.20. The summed E-state index contributed by atoms with van der Waals surface area (Å²) in [7, 11) is 0. The fraction of sp³-hybridized carbons (Fsp3) is 0.458. The second kappa shape index (κ2) is 8.90. The number of halogens is 3. The highest BCUT2D eigenvalue weighted by atomic mass is 19.4. The Bertz CT molecular complexity index is 1200. The van der Waals surface area contributed by atoms with Gasteiger partial charge in [-0.05, 0) is 62.6 Å². The van der Waals surface area contributed by atoms with Crippen molar-refractivity contribution in [1.82, 2.24) is 14.8 Å². The number of hydrogen-bond donors (Lipinski definition) is 2. The predicted molar refractivity (Wildman–Crippen MR) is 119 cm³/mol. The first-order valence-electron chi connectivity index (χ1n) is 11.5. The Kier molecular flexibility index (Phi) is 5.93. The van der Waals surface area contributed by atoms with Crippen LogP contribution in [0.4, 0.5) is 18.9 Å². The maximum Gasteiger partial charge on any atom is 0.433 e. The third kappa shape index (κ3) is 5.01. The summed E-state index contributed by atoms with van der Waals surface area (Å²) < 4.78 is 46.9. The molecule has 2 N–H and O–H groups in total. The molecule has 2 heterocycles. The second-order valence-corrected chi connectivity index (χ2v) is 9.09. The van der Waals surface area contributed by atoms with E-state index in [4.69, 9.17) is 4.74 Å². The van der Waals surface area contributed by atoms with Crippen LogP contribution in [0.5, 0.6) is 5.75 Å². The van der Waals surface area contributed by atoms with Crippen LogP contribution in [0.1, 0.15) is 60.7 Å². The predicted octanol–water partition coefficient (Wildman–Crippen LogP) is 4.97. The van der Waals surface area contributed by atoms with Gasteiger partial charge in [0.2, 0.25) is 0 Å². The molecule has 7 nitrogen and oxygen atoms in total. The first-order chi connectivity index (χ1) is 16.3. The van der Waals surface area contributed by atoms with Gasteiger partial charge in [0.15, 0.2) is 0 Å². The molecule has 0 spiro atoms. The van der Waals surface area contributed by atoms with E-state index in [1.807, 2.05) is 10.9 Å². The van der Waals surface area contributed by atoms with E-state index < -0.39 is 17.8 Å². The smallest absolute Gasteiger partial charge is 0.433 e. The minimum absolute atomic E-state index is 0.180. The van der Waals surface area contributed by atoms with Crippen molar-refractivity contribution in [3.05, 3.63) is 47.9 Å². The molecule has 34 heavy (non-hydrogen) atoms. The SMILES string of the molecule is O=C(Nc1cc2cn([C@H]3CC[C@@H](O)CC3)nc2cc1OCC1CC1)c1cccc(C(F)(F)F)n1. The lowest BCUT2D eigenvalue weighted by Gasteiger charge is -2.25. The van der Waals surface area contributed by atoms with E-state index in [1.165, 1.54) is 6.07 Å². The lowest BCUT2D eigenvalue weighted by atomic mass is 9.93. The molecule has 0 aliphatic heterocycles. The van der Waals surface area contributed by atoms with E-state index in [1.54, 1.807) is 12.1 Å². The third-order valence-corrected chi connectivity index (χ3v) is 6.36. The Balaban J connectivity index is 1.43. The van der Waals surface area contributed by atoms with Gasteiger partial charge < -0.3 is 15.2 Å². The molecule has 2 saturated carbocycles. The van der Waals surface area contributed by atoms with Gasteiger partial charge in [-0.3, -0.25) is 9.48 Å². The molecular weight excluding hydrogens is 449 g/mol. The van der Waals surface area contributed by atoms with Crippen molar-refractivity contribution < 1.29 is 27.8 Å². The summed E-state index contributed by atoms with van der Waals surface area (Å²) in [4.78, 5) is 16.2. The van der Waals surface area contributed by atoms with Crippen LogP contribution in [-0.4, -0.2) is 38.5 Å². The number of amides is 1. The average Bonchev–Trinajstić information content (AvgIpc) is 3.55. The first kappa shape index (κ1) is 22.6. The number of benzene rings is 1. The van der Waals surface area contributed by atoms with Crippen molar-refractivity contribution in [3.63, 3.8) is 0 Å². The average molecular weight is 474 g/mol. The third-order valence-electron chi connectivity index (χ3n) is 6.36. The molecule has 2 aliphatic carbocycles. The molecule has 2 aliphatic rings. The summed E-state index contributed by atoms with van der Waals surface area (Å²) in [5, 5.41) is 17.9. The molecule has 2 aromatic heterocycles. The Hall–Kier alpha value is -3.14. The van der Waals surface area contributed by atoms with Crippen LogP contribution in [0.15, 0.2) is 36.5 Å². The van der Waals surface area contributed by atoms with E-state index in [-0.39, 0.29) is 17.8 Å². The van der Waals surface area contributed by atoms with Crippen LogP contribution in [0.3, 0.4) is 0 Å². The van der Waals surface area contributed by atoms with Crippen LogP contribution >= 0.6 is 0 Å². The zero-order valence-electron chi connectivity index (χ0n) is 18.4. The standard InChI is InChI=1S/C24H25F3N4O3/c25-24(26,27)22-3-1-2-18(28-22)23(33)29-20-10-15-12-31(16-6-8-17(32)9-7-16)30-19(15)11-21(20)34-13-14-4-5-14/h1-3,10-12,14,16-17,32H,4-9,13H2,(H,29,33)/t16-,17+. The molecule has 2 fully saturated rings. The first-order valence-corrected chi connectivity index (χ1v) is 11.5. The van der Waals surface area contributed by atoms with Crippen molar-refractivity contribution >= 4 is 22.5 Å². The van der Waals surface area contributed by atoms with Gasteiger partial charge in [0, 0.05) is 17.6 Å². The van der Waals surface area contributed by atoms with Crippen LogP contribution in [0.25, 0.3) is 10.9 Å². The van der Waals surface area contributed by atoms with Crippen molar-refractivity contribution in [3.8, 4) is 5.75 Å². The summed E-state index contributed by atoms with van der Waals surface area (Å²) in [5.41, 5.74) is -0.401. The van der Waals surface area contributed by atoms with Gasteiger partial charge in [-0.15, -0.1) is 0 Å². The summed E-state index contributed by atoms with van der Waals surface area (Å²) >= 11 is 0. The maximum absolute atomic E-state index is 13.0. The van der Waals surface area contributed by atoms with Gasteiger partial charge in [-0.2, -0.15) is 18.3 Å². The lowest BCUT2D eigenvalue weighted by Crippen LogP contribution is -2.21. The molecule has 5 rings (SSSR count). The summed E-state index contributed by atoms with van der Waals surface area (Å²) in [5.74, 6) is 0.134. The van der Waals surface area contributed by atoms with E-state index in [0.29, 0.717) is 29.5 Å². The number of aliphatic hydroxyl groups is 1. The zero-order chi connectivity index (χ0) is 23.9. The molecular formula is C24H25F3N4O3. The number of rotatable bonds is 6. The number of carbonyl (C=O) groups excluding carboxylic acids is 1. The van der Waals surface area contributed by atoms with Crippen molar-refractivity contribution in [2.75, 3.05) is 11.9 Å². The van der Waals surface area contributed by atoms with Crippen molar-refractivity contribution in [2.45, 2.75) is 56.8 Å². The molecule has 10 heteroatoms. The monoisotopic (exact) mass is 474 g/mol. The van der Waals surface area contributed by atoms with Gasteiger partial charge >= 0.3 is 6.18 Å². The Morgan fingerprint density at radius 3 is 2.62 bits per heavy atom. The highest BCUT2D eigenvalue weighted by molar-refractivity contribution is 6.05. The number of hydrogen-bond acceptors (Lipinski definition) is 5. The molecule has 0 bridgehead atoms. The van der Waals surface area contributed by atoms with Gasteiger partial charge in [-0.1, -0.05) is 6.07 Å². The van der Waals surface area contributed by atoms with Crippen LogP contribution in [0.2, 0.25) is 0 Å². The second-order valence-electron chi connectivity index (χ2n) is 9.09. The van der Waals surface area contributed by atoms with E-state index >= 15 is 0 Å². The highest BCUT2D eigenvalue weighted by Crippen LogP contribution is 2.36. The number of nitrogens with zero attached hydrogens (tertiary/aromatic N) is 3. The zero-order valence-corrected chi connectivity index (χ0v) is 18.4. The van der Waals surface area contributed by atoms with Gasteiger partial charge in [0.05, 0.1) is 30.0 Å². The summed E-state index contributed by atoms with van der Waals surface area (Å²) in [6, 6.07) is 6.88. The Morgan fingerprint density at radius 1 is 1.15 bits per heavy atom. The molecule has 3 aromatic rings. The van der Waals surface area contributed by atoms with E-state index in [2.05, 4.69) is 15.4 Å². The molecule has 0 radical (unpaired) electrons. The number of alkyl halides is 3. The summed E-state index contributed by atoms with van der Waals surface area (Å²) in [6.07, 6.45) is 2.24. The number of pyridine rings is 1. The van der Waals surface area contributed by atoms with Crippen LogP contribution < -0.4 is 10.1 Å². The van der Waals surface area contributed by atoms with Gasteiger partial charge in [0.25, 0.3) is 5.91 Å². The molecule has 0 atom stereocenters. The topological polar surface area (TPSA) is 89.3 Å². The van der Waals surface area contributed by atoms with Crippen LogP contribution in [0, 0.1) is 5.92 Å². The molecule has 1 amide bonds. The lowest BCUT2D eigenvalue weighted by molar-refractivity contribution is -0.141. The van der Waals surface area contributed by atoms with Gasteiger partial charge in [0.1, 0.15) is 17.1 Å². The fourth-order valence-corrected chi connectivity index (χ4v) is 4.20. The summed E-state index contributed by atoms with van der Waals surface area (Å²) in [6.45, 7) is 0.497. The largest absolute Gasteiger partial charge is 0.491 e. The molecule has 0 saturated heterocycles. The van der Waals surface area contributed by atoms with Crippen molar-refractivity contribution in [1.29, 1.82) is 0 Å².